The molecule has 0 aromatic carbocycles. The maximum atomic E-state index is 11.8. The maximum absolute atomic E-state index is 11.8. The van der Waals surface area contributed by atoms with E-state index in [0.717, 1.165) is 37.2 Å². The first-order valence-corrected chi connectivity index (χ1v) is 8.17. The van der Waals surface area contributed by atoms with Gasteiger partial charge in [-0.15, -0.1) is 0 Å². The third kappa shape index (κ3) is 4.93. The lowest BCUT2D eigenvalue weighted by Crippen LogP contribution is -2.28. The second-order valence-electron chi connectivity index (χ2n) is 5.78. The molecule has 0 atom stereocenters. The lowest BCUT2D eigenvalue weighted by Gasteiger charge is -2.23. The molecular weight excluding hydrogens is 290 g/mol. The Bertz CT molecular complexity index is 662. The maximum Gasteiger partial charge on any atom is 0.223 e. The predicted octanol–water partition coefficient (Wildman–Crippen LogP) is 2.62. The highest BCUT2D eigenvalue weighted by atomic mass is 16.3. The van der Waals surface area contributed by atoms with Crippen molar-refractivity contribution in [3.63, 3.8) is 0 Å². The quantitative estimate of drug-likeness (QED) is 0.813. The van der Waals surface area contributed by atoms with E-state index < -0.39 is 0 Å². The van der Waals surface area contributed by atoms with Crippen LogP contribution in [0.1, 0.15) is 37.9 Å². The molecule has 0 radical (unpaired) electrons. The fraction of sp³-hybridized carbons (Fsp3) is 0.444. The Hall–Kier alpha value is -2.14. The summed E-state index contributed by atoms with van der Waals surface area (Å²) in [5, 5.41) is 9.78. The fourth-order valence-corrected chi connectivity index (χ4v) is 2.71. The lowest BCUT2D eigenvalue weighted by atomic mass is 10.2. The molecule has 0 aliphatic carbocycles. The van der Waals surface area contributed by atoms with Crippen molar-refractivity contribution in [2.75, 3.05) is 13.1 Å². The van der Waals surface area contributed by atoms with E-state index in [1.807, 2.05) is 16.7 Å². The smallest absolute Gasteiger partial charge is 0.223 e. The number of aromatic nitrogens is 2. The Morgan fingerprint density at radius 3 is 2.61 bits per heavy atom. The first-order valence-electron chi connectivity index (χ1n) is 8.17. The normalized spacial score (nSPS) is 11.1. The van der Waals surface area contributed by atoms with Gasteiger partial charge in [-0.1, -0.05) is 19.9 Å². The van der Waals surface area contributed by atoms with Crippen LogP contribution in [-0.4, -0.2) is 32.6 Å². The van der Waals surface area contributed by atoms with Gasteiger partial charge in [0.15, 0.2) is 5.75 Å². The summed E-state index contributed by atoms with van der Waals surface area (Å²) in [5.41, 5.74) is 1.63. The summed E-state index contributed by atoms with van der Waals surface area (Å²) in [4.78, 5) is 18.3. The van der Waals surface area contributed by atoms with Crippen molar-refractivity contribution < 1.29 is 5.11 Å². The van der Waals surface area contributed by atoms with Crippen molar-refractivity contribution in [2.45, 2.75) is 39.8 Å². The molecule has 2 rings (SSSR count). The zero-order chi connectivity index (χ0) is 16.7. The number of aromatic hydroxyl groups is 1. The average molecular weight is 315 g/mol. The van der Waals surface area contributed by atoms with Crippen LogP contribution in [0.3, 0.4) is 0 Å². The van der Waals surface area contributed by atoms with Crippen LogP contribution in [0.5, 0.6) is 5.75 Å². The zero-order valence-electron chi connectivity index (χ0n) is 13.9. The Morgan fingerprint density at radius 1 is 1.26 bits per heavy atom. The minimum absolute atomic E-state index is 0.213. The van der Waals surface area contributed by atoms with Gasteiger partial charge >= 0.3 is 0 Å². The van der Waals surface area contributed by atoms with Crippen LogP contribution in [-0.2, 0) is 13.1 Å². The van der Waals surface area contributed by atoms with Gasteiger partial charge in [-0.05, 0) is 37.6 Å². The number of nitrogens with zero attached hydrogens (tertiary/aromatic N) is 3. The SMILES string of the molecule is CCCN(CCC)Cc1cc(=O)c(O)cn1Cc1cccnc1. The Morgan fingerprint density at radius 2 is 2.00 bits per heavy atom. The molecule has 23 heavy (non-hydrogen) atoms. The van der Waals surface area contributed by atoms with Crippen molar-refractivity contribution in [3.05, 3.63) is 58.3 Å². The van der Waals surface area contributed by atoms with Crippen molar-refractivity contribution in [1.82, 2.24) is 14.5 Å². The predicted molar refractivity (Wildman–Crippen MR) is 91.6 cm³/mol. The molecule has 2 aromatic rings. The molecule has 0 amide bonds. The molecule has 0 saturated carbocycles. The minimum atomic E-state index is -0.324. The molecular formula is C18H25N3O2. The Labute approximate surface area is 137 Å². The van der Waals surface area contributed by atoms with E-state index in [2.05, 4.69) is 23.7 Å². The van der Waals surface area contributed by atoms with Crippen LogP contribution in [0, 0.1) is 0 Å². The zero-order valence-corrected chi connectivity index (χ0v) is 13.9. The standard InChI is InChI=1S/C18H25N3O2/c1-3-8-20(9-4-2)13-16-10-17(22)18(23)14-21(16)12-15-6-5-7-19-11-15/h5-7,10-11,14,23H,3-4,8-9,12-13H2,1-2H3. The number of hydrogen-bond donors (Lipinski definition) is 1. The van der Waals surface area contributed by atoms with Gasteiger partial charge in [-0.3, -0.25) is 14.7 Å². The second-order valence-corrected chi connectivity index (χ2v) is 5.78. The minimum Gasteiger partial charge on any atom is -0.503 e. The largest absolute Gasteiger partial charge is 0.503 e. The molecule has 0 aliphatic rings. The van der Waals surface area contributed by atoms with E-state index in [1.54, 1.807) is 18.5 Å². The van der Waals surface area contributed by atoms with Crippen LogP contribution in [0.4, 0.5) is 0 Å². The van der Waals surface area contributed by atoms with Crippen molar-refractivity contribution in [2.24, 2.45) is 0 Å². The van der Waals surface area contributed by atoms with E-state index in [4.69, 9.17) is 0 Å². The summed E-state index contributed by atoms with van der Waals surface area (Å²) in [6, 6.07) is 5.42. The Balaban J connectivity index is 2.29. The number of rotatable bonds is 8. The molecule has 2 aromatic heterocycles. The molecule has 2 heterocycles. The van der Waals surface area contributed by atoms with Crippen molar-refractivity contribution in [1.29, 1.82) is 0 Å². The monoisotopic (exact) mass is 315 g/mol. The van der Waals surface area contributed by atoms with E-state index in [9.17, 15) is 9.90 Å². The Kier molecular flexibility index (Phi) is 6.35. The summed E-state index contributed by atoms with van der Waals surface area (Å²) in [6.45, 7) is 7.59. The topological polar surface area (TPSA) is 58.4 Å². The van der Waals surface area contributed by atoms with E-state index >= 15 is 0 Å². The van der Waals surface area contributed by atoms with Gasteiger partial charge in [-0.2, -0.15) is 0 Å². The number of hydrogen-bond acceptors (Lipinski definition) is 4. The summed E-state index contributed by atoms with van der Waals surface area (Å²) < 4.78 is 1.94. The third-order valence-corrected chi connectivity index (χ3v) is 3.74. The van der Waals surface area contributed by atoms with Gasteiger partial charge in [0.05, 0.1) is 6.20 Å². The van der Waals surface area contributed by atoms with E-state index in [-0.39, 0.29) is 11.2 Å². The summed E-state index contributed by atoms with van der Waals surface area (Å²) in [7, 11) is 0. The molecule has 5 heteroatoms. The molecule has 0 saturated heterocycles. The van der Waals surface area contributed by atoms with Crippen LogP contribution in [0.2, 0.25) is 0 Å². The summed E-state index contributed by atoms with van der Waals surface area (Å²) in [5.74, 6) is -0.213. The first kappa shape index (κ1) is 17.2. The average Bonchev–Trinajstić information content (AvgIpc) is 2.53. The van der Waals surface area contributed by atoms with E-state index in [0.29, 0.717) is 13.1 Å². The highest BCUT2D eigenvalue weighted by Crippen LogP contribution is 2.12. The molecule has 0 fully saturated rings. The van der Waals surface area contributed by atoms with Gasteiger partial charge in [0.25, 0.3) is 0 Å². The molecule has 0 spiro atoms. The van der Waals surface area contributed by atoms with Gasteiger partial charge in [-0.25, -0.2) is 0 Å². The van der Waals surface area contributed by atoms with Gasteiger partial charge in [0.1, 0.15) is 0 Å². The highest BCUT2D eigenvalue weighted by molar-refractivity contribution is 5.22. The summed E-state index contributed by atoms with van der Waals surface area (Å²) in [6.07, 6.45) is 7.21. The fourth-order valence-electron chi connectivity index (χ4n) is 2.71. The van der Waals surface area contributed by atoms with Crippen LogP contribution >= 0.6 is 0 Å². The second kappa shape index (κ2) is 8.48. The van der Waals surface area contributed by atoms with Gasteiger partial charge in [0, 0.05) is 37.2 Å². The van der Waals surface area contributed by atoms with Crippen molar-refractivity contribution >= 4 is 0 Å². The first-order chi connectivity index (χ1) is 11.1. The van der Waals surface area contributed by atoms with Crippen LogP contribution in [0.15, 0.2) is 41.6 Å². The number of pyridine rings is 2. The van der Waals surface area contributed by atoms with Gasteiger partial charge < -0.3 is 9.67 Å². The molecule has 1 N–H and O–H groups in total. The van der Waals surface area contributed by atoms with Crippen LogP contribution < -0.4 is 5.43 Å². The molecule has 0 bridgehead atoms. The van der Waals surface area contributed by atoms with E-state index in [1.165, 1.54) is 6.20 Å². The highest BCUT2D eigenvalue weighted by Gasteiger charge is 2.11. The molecule has 5 nitrogen and oxygen atoms in total. The third-order valence-electron chi connectivity index (χ3n) is 3.74. The molecule has 0 aliphatic heterocycles. The molecule has 124 valence electrons. The van der Waals surface area contributed by atoms with Crippen LogP contribution in [0.25, 0.3) is 0 Å². The molecule has 0 unspecified atom stereocenters. The van der Waals surface area contributed by atoms with Gasteiger partial charge in [0.2, 0.25) is 5.43 Å². The van der Waals surface area contributed by atoms with Crippen molar-refractivity contribution in [3.8, 4) is 5.75 Å². The lowest BCUT2D eigenvalue weighted by molar-refractivity contribution is 0.259. The summed E-state index contributed by atoms with van der Waals surface area (Å²) >= 11 is 0.